The Balaban J connectivity index is 1.15. The van der Waals surface area contributed by atoms with E-state index in [9.17, 15) is 0 Å². The molecule has 0 spiro atoms. The van der Waals surface area contributed by atoms with Crippen LogP contribution in [0.25, 0.3) is 84.3 Å². The molecule has 0 saturated carbocycles. The summed E-state index contributed by atoms with van der Waals surface area (Å²) >= 11 is 0. The number of fused-ring (bicyclic) bond motifs is 6. The summed E-state index contributed by atoms with van der Waals surface area (Å²) in [4.78, 5) is 14.9. The van der Waals surface area contributed by atoms with Gasteiger partial charge < -0.3 is 9.13 Å². The highest BCUT2D eigenvalue weighted by molar-refractivity contribution is 6.10. The minimum Gasteiger partial charge on any atom is -0.310 e. The predicted molar refractivity (Wildman–Crippen MR) is 205 cm³/mol. The van der Waals surface area contributed by atoms with E-state index in [0.29, 0.717) is 17.5 Å². The van der Waals surface area contributed by atoms with Crippen LogP contribution in [0.15, 0.2) is 158 Å². The Hall–Kier alpha value is -6.59. The zero-order valence-electron chi connectivity index (χ0n) is 27.2. The standard InChI is InChI=1S/C45H31N5/c1-3-14-30(15-4-1)43-46-44(31-16-5-2-6-17-31)48-45(47-43)32-18-13-19-33(28-32)49-41-25-12-9-22-37(41)38-29-34(26-27-42(38)49)50-39-23-10-7-20-35(39)36-21-8-11-24-40(36)50/h1-7,9-20,22-29H,8,21H2. The van der Waals surface area contributed by atoms with Crippen molar-refractivity contribution in [2.45, 2.75) is 12.8 Å². The van der Waals surface area contributed by atoms with Crippen LogP contribution in [-0.4, -0.2) is 24.1 Å². The smallest absolute Gasteiger partial charge is 0.164 e. The van der Waals surface area contributed by atoms with Crippen molar-refractivity contribution in [2.75, 3.05) is 0 Å². The molecule has 1 aliphatic rings. The van der Waals surface area contributed by atoms with Gasteiger partial charge in [0.1, 0.15) is 0 Å². The van der Waals surface area contributed by atoms with Crippen molar-refractivity contribution < 1.29 is 0 Å². The third-order valence-corrected chi connectivity index (χ3v) is 9.83. The van der Waals surface area contributed by atoms with E-state index >= 15 is 0 Å². The molecule has 1 aliphatic carbocycles. The molecule has 0 amide bonds. The third kappa shape index (κ3) is 4.59. The molecule has 0 fully saturated rings. The summed E-state index contributed by atoms with van der Waals surface area (Å²) in [6, 6.07) is 53.2. The Morgan fingerprint density at radius 2 is 0.980 bits per heavy atom. The van der Waals surface area contributed by atoms with Crippen LogP contribution in [0, 0.1) is 0 Å². The van der Waals surface area contributed by atoms with Gasteiger partial charge in [0.2, 0.25) is 0 Å². The molecule has 5 nitrogen and oxygen atoms in total. The summed E-state index contributed by atoms with van der Waals surface area (Å²) < 4.78 is 4.79. The van der Waals surface area contributed by atoms with Gasteiger partial charge in [0.25, 0.3) is 0 Å². The predicted octanol–water partition coefficient (Wildman–Crippen LogP) is 10.9. The number of hydrogen-bond donors (Lipinski definition) is 0. The Kier molecular flexibility index (Phi) is 6.56. The minimum atomic E-state index is 0.639. The molecule has 0 N–H and O–H groups in total. The lowest BCUT2D eigenvalue weighted by atomic mass is 10.0. The molecule has 6 aromatic carbocycles. The first-order valence-electron chi connectivity index (χ1n) is 17.1. The van der Waals surface area contributed by atoms with Gasteiger partial charge in [0.05, 0.1) is 16.6 Å². The van der Waals surface area contributed by atoms with E-state index in [4.69, 9.17) is 15.0 Å². The van der Waals surface area contributed by atoms with Crippen molar-refractivity contribution in [2.24, 2.45) is 0 Å². The van der Waals surface area contributed by atoms with Crippen molar-refractivity contribution in [1.29, 1.82) is 0 Å². The monoisotopic (exact) mass is 641 g/mol. The van der Waals surface area contributed by atoms with E-state index in [1.165, 1.54) is 38.6 Å². The fraction of sp³-hybridized carbons (Fsp3) is 0.0444. The van der Waals surface area contributed by atoms with Gasteiger partial charge in [0.15, 0.2) is 17.5 Å². The van der Waals surface area contributed by atoms with Crippen LogP contribution in [0.1, 0.15) is 17.7 Å². The van der Waals surface area contributed by atoms with Gasteiger partial charge in [-0.05, 0) is 66.9 Å². The van der Waals surface area contributed by atoms with Crippen LogP contribution >= 0.6 is 0 Å². The number of nitrogens with zero attached hydrogens (tertiary/aromatic N) is 5. The maximum absolute atomic E-state index is 5.01. The highest BCUT2D eigenvalue weighted by Gasteiger charge is 2.20. The molecule has 3 aromatic heterocycles. The van der Waals surface area contributed by atoms with Gasteiger partial charge >= 0.3 is 0 Å². The van der Waals surface area contributed by atoms with E-state index in [1.807, 2.05) is 60.7 Å². The lowest BCUT2D eigenvalue weighted by Gasteiger charge is -2.13. The van der Waals surface area contributed by atoms with Crippen LogP contribution in [0.4, 0.5) is 0 Å². The molecule has 0 saturated heterocycles. The van der Waals surface area contributed by atoms with Crippen molar-refractivity contribution in [3.05, 3.63) is 169 Å². The molecule has 0 bridgehead atoms. The molecular formula is C45H31N5. The van der Waals surface area contributed by atoms with E-state index in [-0.39, 0.29) is 0 Å². The number of aromatic nitrogens is 5. The van der Waals surface area contributed by atoms with E-state index in [0.717, 1.165) is 46.3 Å². The minimum absolute atomic E-state index is 0.639. The number of hydrogen-bond acceptors (Lipinski definition) is 3. The second-order valence-electron chi connectivity index (χ2n) is 12.8. The number of aryl methyl sites for hydroxylation is 1. The summed E-state index contributed by atoms with van der Waals surface area (Å²) in [6.45, 7) is 0. The van der Waals surface area contributed by atoms with Gasteiger partial charge in [0, 0.05) is 49.9 Å². The molecule has 3 heterocycles. The second-order valence-corrected chi connectivity index (χ2v) is 12.8. The van der Waals surface area contributed by atoms with Crippen LogP contribution < -0.4 is 0 Å². The Morgan fingerprint density at radius 3 is 1.70 bits per heavy atom. The summed E-state index contributed by atoms with van der Waals surface area (Å²) in [5.41, 5.74) is 11.3. The van der Waals surface area contributed by atoms with Crippen molar-refractivity contribution in [1.82, 2.24) is 24.1 Å². The SMILES string of the molecule is C1=Cc2c(c3ccccc3n2-c2ccc3c(c2)c2ccccc2n3-c2cccc(-c3nc(-c4ccccc4)nc(-c4ccccc4)n3)c2)CC1. The molecule has 9 aromatic rings. The first-order valence-corrected chi connectivity index (χ1v) is 17.1. The van der Waals surface area contributed by atoms with Crippen molar-refractivity contribution in [3.8, 4) is 45.5 Å². The molecule has 5 heteroatoms. The molecule has 0 unspecified atom stereocenters. The number of para-hydroxylation sites is 2. The normalized spacial score (nSPS) is 12.6. The molecule has 0 aliphatic heterocycles. The molecule has 10 rings (SSSR count). The van der Waals surface area contributed by atoms with E-state index in [2.05, 4.69) is 112 Å². The van der Waals surface area contributed by atoms with Crippen LogP contribution in [-0.2, 0) is 6.42 Å². The van der Waals surface area contributed by atoms with Gasteiger partial charge in [-0.25, -0.2) is 15.0 Å². The average molecular weight is 642 g/mol. The van der Waals surface area contributed by atoms with Crippen molar-refractivity contribution >= 4 is 38.8 Å². The first kappa shape index (κ1) is 28.4. The lowest BCUT2D eigenvalue weighted by Crippen LogP contribution is -2.01. The highest BCUT2D eigenvalue weighted by atomic mass is 15.0. The quantitative estimate of drug-likeness (QED) is 0.188. The van der Waals surface area contributed by atoms with Gasteiger partial charge in [-0.3, -0.25) is 0 Å². The Bertz CT molecular complexity index is 2700. The third-order valence-electron chi connectivity index (χ3n) is 9.83. The Labute approximate surface area is 289 Å². The zero-order valence-corrected chi connectivity index (χ0v) is 27.2. The van der Waals surface area contributed by atoms with Gasteiger partial charge in [-0.1, -0.05) is 115 Å². The van der Waals surface area contributed by atoms with E-state index in [1.54, 1.807) is 0 Å². The number of allylic oxidation sites excluding steroid dienone is 1. The van der Waals surface area contributed by atoms with Gasteiger partial charge in [-0.2, -0.15) is 0 Å². The lowest BCUT2D eigenvalue weighted by molar-refractivity contribution is 0.968. The first-order chi connectivity index (χ1) is 24.8. The Morgan fingerprint density at radius 1 is 0.420 bits per heavy atom. The van der Waals surface area contributed by atoms with Crippen LogP contribution in [0.3, 0.4) is 0 Å². The summed E-state index contributed by atoms with van der Waals surface area (Å²) in [7, 11) is 0. The molecular weight excluding hydrogens is 611 g/mol. The summed E-state index contributed by atoms with van der Waals surface area (Å²) in [5.74, 6) is 1.94. The molecule has 50 heavy (non-hydrogen) atoms. The number of rotatable bonds is 5. The zero-order chi connectivity index (χ0) is 33.0. The fourth-order valence-electron chi connectivity index (χ4n) is 7.57. The number of benzene rings is 6. The largest absolute Gasteiger partial charge is 0.310 e. The second kappa shape index (κ2) is 11.5. The van der Waals surface area contributed by atoms with Crippen LogP contribution in [0.5, 0.6) is 0 Å². The summed E-state index contributed by atoms with van der Waals surface area (Å²) in [5, 5.41) is 3.77. The van der Waals surface area contributed by atoms with Crippen molar-refractivity contribution in [3.63, 3.8) is 0 Å². The maximum atomic E-state index is 5.01. The van der Waals surface area contributed by atoms with Crippen LogP contribution in [0.2, 0.25) is 0 Å². The van der Waals surface area contributed by atoms with E-state index < -0.39 is 0 Å². The summed E-state index contributed by atoms with van der Waals surface area (Å²) in [6.07, 6.45) is 6.75. The molecule has 0 atom stereocenters. The average Bonchev–Trinajstić information content (AvgIpc) is 3.71. The van der Waals surface area contributed by atoms with Gasteiger partial charge in [-0.15, -0.1) is 0 Å². The molecule has 236 valence electrons. The fourth-order valence-corrected chi connectivity index (χ4v) is 7.57. The highest BCUT2D eigenvalue weighted by Crippen LogP contribution is 2.38. The maximum Gasteiger partial charge on any atom is 0.164 e. The molecule has 0 radical (unpaired) electrons. The topological polar surface area (TPSA) is 48.5 Å².